The van der Waals surface area contributed by atoms with E-state index in [1.54, 1.807) is 0 Å². The number of hydrogen-bond acceptors (Lipinski definition) is 2. The average Bonchev–Trinajstić information content (AvgIpc) is 2.17. The van der Waals surface area contributed by atoms with Crippen LogP contribution in [0.15, 0.2) is 18.2 Å². The van der Waals surface area contributed by atoms with Gasteiger partial charge in [0.05, 0.1) is 5.02 Å². The zero-order valence-electron chi connectivity index (χ0n) is 8.44. The number of halogens is 7. The normalized spacial score (nSPS) is 14.4. The maximum atomic E-state index is 12.3. The third kappa shape index (κ3) is 3.95. The van der Waals surface area contributed by atoms with Gasteiger partial charge < -0.3 is 10.5 Å². The van der Waals surface area contributed by atoms with Crippen LogP contribution in [0, 0.1) is 0 Å². The minimum absolute atomic E-state index is 0.467. The van der Waals surface area contributed by atoms with E-state index in [1.165, 1.54) is 0 Å². The molecular formula is C9H6ClF6NO. The molecular weight excluding hydrogens is 288 g/mol. The molecule has 2 nitrogen and oxygen atoms in total. The fraction of sp³-hybridized carbons (Fsp3) is 0.333. The SMILES string of the molecule is N[C@H](c1ccc(Cl)c(OC(F)(F)F)c1)C(F)(F)F. The quantitative estimate of drug-likeness (QED) is 0.842. The summed E-state index contributed by atoms with van der Waals surface area (Å²) >= 11 is 5.37. The van der Waals surface area contributed by atoms with E-state index < -0.39 is 34.9 Å². The molecule has 0 radical (unpaired) electrons. The Morgan fingerprint density at radius 3 is 2.11 bits per heavy atom. The number of ether oxygens (including phenoxy) is 1. The topological polar surface area (TPSA) is 35.2 Å². The average molecular weight is 294 g/mol. The first-order valence-corrected chi connectivity index (χ1v) is 4.76. The van der Waals surface area contributed by atoms with Crippen molar-refractivity contribution in [2.75, 3.05) is 0 Å². The Hall–Kier alpha value is -1.15. The van der Waals surface area contributed by atoms with Crippen LogP contribution in [0.2, 0.25) is 5.02 Å². The molecule has 1 rings (SSSR count). The maximum Gasteiger partial charge on any atom is 0.573 e. The van der Waals surface area contributed by atoms with E-state index in [2.05, 4.69) is 4.74 Å². The van der Waals surface area contributed by atoms with Crippen LogP contribution in [0.25, 0.3) is 0 Å². The van der Waals surface area contributed by atoms with Crippen LogP contribution >= 0.6 is 11.6 Å². The van der Waals surface area contributed by atoms with E-state index in [9.17, 15) is 26.3 Å². The number of hydrogen-bond donors (Lipinski definition) is 1. The first-order chi connectivity index (χ1) is 8.00. The molecule has 1 aromatic rings. The molecule has 1 aromatic carbocycles. The van der Waals surface area contributed by atoms with Crippen molar-refractivity contribution in [3.05, 3.63) is 28.8 Å². The molecule has 18 heavy (non-hydrogen) atoms. The van der Waals surface area contributed by atoms with Crippen LogP contribution in [0.5, 0.6) is 5.75 Å². The number of rotatable bonds is 2. The summed E-state index contributed by atoms with van der Waals surface area (Å²) in [7, 11) is 0. The third-order valence-corrected chi connectivity index (χ3v) is 2.20. The predicted molar refractivity (Wildman–Crippen MR) is 51.1 cm³/mol. The highest BCUT2D eigenvalue weighted by atomic mass is 35.5. The number of alkyl halides is 6. The molecule has 0 aliphatic rings. The fourth-order valence-electron chi connectivity index (χ4n) is 1.11. The standard InChI is InChI=1S/C9H6ClF6NO/c10-5-2-1-4(7(17)8(11,12)13)3-6(5)18-9(14,15)16/h1-3,7H,17H2/t7-/m1/s1. The minimum Gasteiger partial charge on any atom is -0.404 e. The van der Waals surface area contributed by atoms with Crippen molar-refractivity contribution in [2.45, 2.75) is 18.6 Å². The lowest BCUT2D eigenvalue weighted by Crippen LogP contribution is -2.28. The smallest absolute Gasteiger partial charge is 0.404 e. The molecule has 102 valence electrons. The van der Waals surface area contributed by atoms with Crippen LogP contribution in [0.1, 0.15) is 11.6 Å². The van der Waals surface area contributed by atoms with Crippen LogP contribution in [0.4, 0.5) is 26.3 Å². The van der Waals surface area contributed by atoms with Gasteiger partial charge in [0.25, 0.3) is 0 Å². The van der Waals surface area contributed by atoms with Crippen LogP contribution in [-0.4, -0.2) is 12.5 Å². The second-order valence-electron chi connectivity index (χ2n) is 3.26. The van der Waals surface area contributed by atoms with Gasteiger partial charge in [-0.3, -0.25) is 0 Å². The van der Waals surface area contributed by atoms with E-state index in [4.69, 9.17) is 17.3 Å². The molecule has 0 unspecified atom stereocenters. The highest BCUT2D eigenvalue weighted by Gasteiger charge is 2.39. The van der Waals surface area contributed by atoms with E-state index in [1.807, 2.05) is 0 Å². The lowest BCUT2D eigenvalue weighted by atomic mass is 10.1. The first kappa shape index (κ1) is 14.9. The van der Waals surface area contributed by atoms with Gasteiger partial charge in [-0.25, -0.2) is 0 Å². The van der Waals surface area contributed by atoms with Crippen molar-refractivity contribution in [1.29, 1.82) is 0 Å². The molecule has 0 spiro atoms. The zero-order valence-corrected chi connectivity index (χ0v) is 9.20. The van der Waals surface area contributed by atoms with E-state index in [0.717, 1.165) is 12.1 Å². The van der Waals surface area contributed by atoms with E-state index in [0.29, 0.717) is 6.07 Å². The summed E-state index contributed by atoms with van der Waals surface area (Å²) in [6.07, 6.45) is -9.83. The van der Waals surface area contributed by atoms with Crippen molar-refractivity contribution in [3.63, 3.8) is 0 Å². The lowest BCUT2D eigenvalue weighted by molar-refractivity contribution is -0.274. The molecule has 2 N–H and O–H groups in total. The first-order valence-electron chi connectivity index (χ1n) is 4.38. The van der Waals surface area contributed by atoms with Gasteiger partial charge in [-0.05, 0) is 17.7 Å². The maximum absolute atomic E-state index is 12.3. The van der Waals surface area contributed by atoms with Gasteiger partial charge in [0, 0.05) is 0 Å². The molecule has 0 bridgehead atoms. The molecule has 0 aliphatic carbocycles. The van der Waals surface area contributed by atoms with Gasteiger partial charge in [0.15, 0.2) is 0 Å². The molecule has 1 atom stereocenters. The van der Waals surface area contributed by atoms with Crippen molar-refractivity contribution in [1.82, 2.24) is 0 Å². The van der Waals surface area contributed by atoms with Gasteiger partial charge in [0.2, 0.25) is 0 Å². The van der Waals surface area contributed by atoms with Crippen molar-refractivity contribution in [2.24, 2.45) is 5.73 Å². The lowest BCUT2D eigenvalue weighted by Gasteiger charge is -2.17. The van der Waals surface area contributed by atoms with Gasteiger partial charge in [0.1, 0.15) is 11.8 Å². The predicted octanol–water partition coefficient (Wildman–Crippen LogP) is 3.80. The molecule has 9 heteroatoms. The fourth-order valence-corrected chi connectivity index (χ4v) is 1.26. The molecule has 0 heterocycles. The van der Waals surface area contributed by atoms with E-state index in [-0.39, 0.29) is 0 Å². The Bertz CT molecular complexity index is 430. The summed E-state index contributed by atoms with van der Waals surface area (Å²) in [5.41, 5.74) is 4.27. The molecule has 0 saturated heterocycles. The Kier molecular flexibility index (Phi) is 4.02. The molecule has 0 aliphatic heterocycles. The van der Waals surface area contributed by atoms with Gasteiger partial charge in [-0.15, -0.1) is 13.2 Å². The van der Waals surface area contributed by atoms with Gasteiger partial charge in [-0.2, -0.15) is 13.2 Å². The molecule has 0 fully saturated rings. The highest BCUT2D eigenvalue weighted by molar-refractivity contribution is 6.32. The van der Waals surface area contributed by atoms with Crippen LogP contribution < -0.4 is 10.5 Å². The molecule has 0 aromatic heterocycles. The Morgan fingerprint density at radius 1 is 1.11 bits per heavy atom. The summed E-state index contributed by atoms with van der Waals surface area (Å²) in [6, 6.07) is -0.174. The Morgan fingerprint density at radius 2 is 1.67 bits per heavy atom. The Labute approximate surface area is 102 Å². The third-order valence-electron chi connectivity index (χ3n) is 1.89. The number of benzene rings is 1. The van der Waals surface area contributed by atoms with Crippen molar-refractivity contribution in [3.8, 4) is 5.75 Å². The summed E-state index contributed by atoms with van der Waals surface area (Å²) in [5, 5.41) is -0.467. The van der Waals surface area contributed by atoms with Crippen molar-refractivity contribution < 1.29 is 31.1 Å². The van der Waals surface area contributed by atoms with Gasteiger partial charge >= 0.3 is 12.5 Å². The summed E-state index contributed by atoms with van der Waals surface area (Å²) < 4.78 is 76.2. The second-order valence-corrected chi connectivity index (χ2v) is 3.66. The zero-order chi connectivity index (χ0) is 14.1. The highest BCUT2D eigenvalue weighted by Crippen LogP contribution is 2.36. The summed E-state index contributed by atoms with van der Waals surface area (Å²) in [6.45, 7) is 0. The summed E-state index contributed by atoms with van der Waals surface area (Å²) in [5.74, 6) is -0.929. The van der Waals surface area contributed by atoms with Crippen molar-refractivity contribution >= 4 is 11.6 Å². The van der Waals surface area contributed by atoms with Crippen LogP contribution in [-0.2, 0) is 0 Å². The minimum atomic E-state index is -5.05. The second kappa shape index (κ2) is 4.85. The Balaban J connectivity index is 3.08. The van der Waals surface area contributed by atoms with E-state index >= 15 is 0 Å². The molecule has 0 saturated carbocycles. The molecule has 0 amide bonds. The van der Waals surface area contributed by atoms with Crippen LogP contribution in [0.3, 0.4) is 0 Å². The summed E-state index contributed by atoms with van der Waals surface area (Å²) in [4.78, 5) is 0. The number of nitrogens with two attached hydrogens (primary N) is 1. The monoisotopic (exact) mass is 293 g/mol. The van der Waals surface area contributed by atoms with Gasteiger partial charge in [-0.1, -0.05) is 17.7 Å². The largest absolute Gasteiger partial charge is 0.573 e.